The van der Waals surface area contributed by atoms with Gasteiger partial charge in [0.2, 0.25) is 0 Å². The second-order valence-electron chi connectivity index (χ2n) is 3.57. The molecule has 0 aromatic rings. The summed E-state index contributed by atoms with van der Waals surface area (Å²) < 4.78 is 9.15. The number of hydrogen-bond donors (Lipinski definition) is 0. The van der Waals surface area contributed by atoms with Crippen molar-refractivity contribution in [1.82, 2.24) is 0 Å². The number of hydrogen-bond acceptors (Lipinski definition) is 0. The number of rotatable bonds is 1. The molecule has 12 heavy (non-hydrogen) atoms. The summed E-state index contributed by atoms with van der Waals surface area (Å²) in [6, 6.07) is 0. The molecule has 0 saturated carbocycles. The van der Waals surface area contributed by atoms with E-state index < -0.39 is 20.3 Å². The van der Waals surface area contributed by atoms with Gasteiger partial charge in [-0.25, -0.2) is 0 Å². The van der Waals surface area contributed by atoms with Crippen LogP contribution in [0.5, 0.6) is 0 Å². The van der Waals surface area contributed by atoms with E-state index in [2.05, 4.69) is 32.1 Å². The molecule has 1 rings (SSSR count). The fourth-order valence-corrected chi connectivity index (χ4v) is 4.26. The summed E-state index contributed by atoms with van der Waals surface area (Å²) in [7, 11) is 0. The molecule has 1 aliphatic rings. The molecule has 0 spiro atoms. The topological polar surface area (TPSA) is 0 Å². The molecule has 1 aliphatic carbocycles. The molecule has 0 fully saturated rings. The molecule has 0 unspecified atom stereocenters. The third kappa shape index (κ3) is 5.81. The average molecular weight is 311 g/mol. The molecule has 0 radical (unpaired) electrons. The third-order valence-electron chi connectivity index (χ3n) is 1.73. The molecule has 0 N–H and O–H groups in total. The van der Waals surface area contributed by atoms with Crippen LogP contribution in [0.15, 0.2) is 21.5 Å². The minimum absolute atomic E-state index is 0. The Morgan fingerprint density at radius 3 is 1.75 bits per heavy atom. The molecule has 0 saturated heterocycles. The summed E-state index contributed by atoms with van der Waals surface area (Å²) in [6.45, 7) is 0. The van der Waals surface area contributed by atoms with Crippen LogP contribution >= 0.6 is 37.2 Å². The molecule has 4 heteroatoms. The molecular weight excluding hydrogens is 294 g/mol. The van der Waals surface area contributed by atoms with Crippen molar-refractivity contribution >= 4 is 37.2 Å². The quantitative estimate of drug-likeness (QED) is 0.673. The van der Waals surface area contributed by atoms with E-state index in [4.69, 9.17) is 0 Å². The molecule has 74 valence electrons. The van der Waals surface area contributed by atoms with Gasteiger partial charge in [-0.1, -0.05) is 0 Å². The second kappa shape index (κ2) is 7.62. The van der Waals surface area contributed by atoms with Gasteiger partial charge in [-0.15, -0.1) is 37.2 Å². The molecule has 0 nitrogen and oxygen atoms in total. The van der Waals surface area contributed by atoms with Gasteiger partial charge in [0.15, 0.2) is 0 Å². The van der Waals surface area contributed by atoms with Gasteiger partial charge in [0, 0.05) is 0 Å². The molecule has 0 heterocycles. The van der Waals surface area contributed by atoms with Crippen molar-refractivity contribution in [2.75, 3.05) is 0 Å². The van der Waals surface area contributed by atoms with Crippen molar-refractivity contribution in [2.45, 2.75) is 20.3 Å². The van der Waals surface area contributed by atoms with E-state index >= 15 is 0 Å². The Kier molecular flexibility index (Phi) is 12.0. The molecule has 0 atom stereocenters. The first-order valence-electron chi connectivity index (χ1n) is 3.47. The van der Waals surface area contributed by atoms with Crippen LogP contribution in [0.25, 0.3) is 0 Å². The summed E-state index contributed by atoms with van der Waals surface area (Å²) in [5, 5.41) is 0. The summed E-state index contributed by atoms with van der Waals surface area (Å²) in [5.41, 5.74) is 0. The third-order valence-corrected chi connectivity index (χ3v) is 7.38. The van der Waals surface area contributed by atoms with Crippen LogP contribution in [0, 0.1) is 0 Å². The van der Waals surface area contributed by atoms with Crippen molar-refractivity contribution in [2.24, 2.45) is 0 Å². The first-order valence-corrected chi connectivity index (χ1v) is 12.1. The van der Waals surface area contributed by atoms with Crippen molar-refractivity contribution in [3.8, 4) is 0 Å². The van der Waals surface area contributed by atoms with Gasteiger partial charge >= 0.3 is 62.1 Å². The van der Waals surface area contributed by atoms with Gasteiger partial charge in [0.1, 0.15) is 0 Å². The summed E-state index contributed by atoms with van der Waals surface area (Å²) in [5.74, 6) is 0. The van der Waals surface area contributed by atoms with Crippen LogP contribution in [0.3, 0.4) is 0 Å². The summed E-state index contributed by atoms with van der Waals surface area (Å²) in [4.78, 5) is 0. The number of halogens is 3. The maximum absolute atomic E-state index is 2.47. The minimum atomic E-state index is -1.59. The van der Waals surface area contributed by atoms with E-state index in [1.54, 1.807) is 3.28 Å². The molecule has 0 bridgehead atoms. The predicted octanol–water partition coefficient (Wildman–Crippen LogP) is 4.39. The van der Waals surface area contributed by atoms with Gasteiger partial charge in [0.05, 0.1) is 0 Å². The first kappa shape index (κ1) is 18.9. The van der Waals surface area contributed by atoms with Crippen LogP contribution in [-0.2, 0) is 20.3 Å². The zero-order valence-electron chi connectivity index (χ0n) is 7.66. The Morgan fingerprint density at radius 1 is 1.08 bits per heavy atom. The molecule has 0 aromatic carbocycles. The fraction of sp³-hybridized carbons (Fsp3) is 0.500. The maximum atomic E-state index is 2.47. The van der Waals surface area contributed by atoms with Gasteiger partial charge in [0.25, 0.3) is 0 Å². The molecule has 0 aromatic heterocycles. The Balaban J connectivity index is -0.000000270. The zero-order valence-corrected chi connectivity index (χ0v) is 12.6. The molecular formula is C8H17Cl3Zr. The van der Waals surface area contributed by atoms with Crippen LogP contribution in [-0.4, -0.2) is 0 Å². The van der Waals surface area contributed by atoms with Crippen LogP contribution in [0.4, 0.5) is 0 Å². The van der Waals surface area contributed by atoms with E-state index in [9.17, 15) is 0 Å². The van der Waals surface area contributed by atoms with Crippen molar-refractivity contribution < 1.29 is 20.3 Å². The Bertz CT molecular complexity index is 168. The molecule has 0 amide bonds. The van der Waals surface area contributed by atoms with E-state index in [1.807, 2.05) is 0 Å². The van der Waals surface area contributed by atoms with Gasteiger partial charge < -0.3 is 0 Å². The summed E-state index contributed by atoms with van der Waals surface area (Å²) >= 11 is -1.59. The van der Waals surface area contributed by atoms with Crippen LogP contribution < -0.4 is 0 Å². The zero-order chi connectivity index (χ0) is 6.91. The van der Waals surface area contributed by atoms with Gasteiger partial charge in [-0.05, 0) is 0 Å². The summed E-state index contributed by atoms with van der Waals surface area (Å²) in [6.07, 6.45) is 8.02. The number of allylic oxidation sites excluding steroid dienone is 4. The Morgan fingerprint density at radius 2 is 1.58 bits per heavy atom. The van der Waals surface area contributed by atoms with Crippen molar-refractivity contribution in [1.29, 1.82) is 0 Å². The van der Waals surface area contributed by atoms with Crippen molar-refractivity contribution in [3.05, 3.63) is 21.5 Å². The Labute approximate surface area is 98.5 Å². The Hall–Kier alpha value is 1.23. The molecule has 0 aliphatic heterocycles. The van der Waals surface area contributed by atoms with E-state index in [0.29, 0.717) is 0 Å². The first-order chi connectivity index (χ1) is 4.11. The average Bonchev–Trinajstić information content (AvgIpc) is 2.08. The van der Waals surface area contributed by atoms with E-state index in [-0.39, 0.29) is 37.2 Å². The van der Waals surface area contributed by atoms with Gasteiger partial charge in [-0.2, -0.15) is 0 Å². The van der Waals surface area contributed by atoms with E-state index in [0.717, 1.165) is 0 Å². The van der Waals surface area contributed by atoms with E-state index in [1.165, 1.54) is 6.42 Å². The fourth-order valence-electron chi connectivity index (χ4n) is 1.00. The monoisotopic (exact) mass is 308 g/mol. The standard InChI is InChI=1S/C5H5.3CH3.3ClH.Zr/c1-2-4-5-3-1;;;;;;;/h1-3H,4H2;3*1H3;3*1H;. The second-order valence-corrected chi connectivity index (χ2v) is 16.2. The van der Waals surface area contributed by atoms with Gasteiger partial charge in [-0.3, -0.25) is 0 Å². The SMILES string of the molecule is Cl.Cl.Cl.[CH3][Zr]([CH3])([CH3])[C]1=CC=CC1. The van der Waals surface area contributed by atoms with Crippen molar-refractivity contribution in [3.63, 3.8) is 0 Å². The predicted molar refractivity (Wildman–Crippen MR) is 61.2 cm³/mol. The van der Waals surface area contributed by atoms with Crippen LogP contribution in [0.2, 0.25) is 13.9 Å². The normalized spacial score (nSPS) is 13.8. The van der Waals surface area contributed by atoms with Crippen LogP contribution in [0.1, 0.15) is 6.42 Å².